The number of rotatable bonds is 3. The van der Waals surface area contributed by atoms with Crippen LogP contribution in [0.25, 0.3) is 0 Å². The number of nitrogens with zero attached hydrogens (tertiary/aromatic N) is 1. The topological polar surface area (TPSA) is 69.6 Å². The van der Waals surface area contributed by atoms with Crippen LogP contribution in [0.4, 0.5) is 5.69 Å². The van der Waals surface area contributed by atoms with Gasteiger partial charge in [-0.05, 0) is 50.3 Å². The SMILES string of the molecule is Cc1ccc(NC(=O)[C@@H]2CCCN(C(=O)C3CC3)C2)c(O)c1. The average molecular weight is 302 g/mol. The standard InChI is InChI=1S/C17H22N2O3/c1-11-4-7-14(15(20)9-11)18-16(21)13-3-2-8-19(10-13)17(22)12-5-6-12/h4,7,9,12-13,20H,2-3,5-6,8,10H2,1H3,(H,18,21)/t13-/m1/s1. The second-order valence-electron chi connectivity index (χ2n) is 6.41. The van der Waals surface area contributed by atoms with Crippen molar-refractivity contribution in [3.63, 3.8) is 0 Å². The Kier molecular flexibility index (Phi) is 4.05. The first-order valence-corrected chi connectivity index (χ1v) is 7.94. The third-order valence-electron chi connectivity index (χ3n) is 4.44. The minimum absolute atomic E-state index is 0.0788. The summed E-state index contributed by atoms with van der Waals surface area (Å²) >= 11 is 0. The van der Waals surface area contributed by atoms with E-state index in [2.05, 4.69) is 5.32 Å². The molecular formula is C17H22N2O3. The fourth-order valence-corrected chi connectivity index (χ4v) is 2.96. The molecule has 0 radical (unpaired) electrons. The highest BCUT2D eigenvalue weighted by atomic mass is 16.3. The Labute approximate surface area is 130 Å². The molecule has 1 atom stereocenters. The zero-order valence-electron chi connectivity index (χ0n) is 12.8. The quantitative estimate of drug-likeness (QED) is 0.842. The van der Waals surface area contributed by atoms with Crippen LogP contribution in [0.2, 0.25) is 0 Å². The van der Waals surface area contributed by atoms with Crippen molar-refractivity contribution < 1.29 is 14.7 Å². The molecule has 1 aliphatic heterocycles. The largest absolute Gasteiger partial charge is 0.506 e. The number of hydrogen-bond acceptors (Lipinski definition) is 3. The average Bonchev–Trinajstić information content (AvgIpc) is 3.34. The van der Waals surface area contributed by atoms with Crippen molar-refractivity contribution in [3.05, 3.63) is 23.8 Å². The summed E-state index contributed by atoms with van der Waals surface area (Å²) in [5.41, 5.74) is 1.37. The van der Waals surface area contributed by atoms with Gasteiger partial charge in [-0.3, -0.25) is 9.59 Å². The third-order valence-corrected chi connectivity index (χ3v) is 4.44. The Hall–Kier alpha value is -2.04. The Bertz CT molecular complexity index is 596. The van der Waals surface area contributed by atoms with Crippen molar-refractivity contribution in [2.24, 2.45) is 11.8 Å². The van der Waals surface area contributed by atoms with E-state index >= 15 is 0 Å². The number of anilines is 1. The van der Waals surface area contributed by atoms with E-state index in [4.69, 9.17) is 0 Å². The second kappa shape index (κ2) is 5.99. The molecule has 1 saturated carbocycles. The van der Waals surface area contributed by atoms with Crippen molar-refractivity contribution in [3.8, 4) is 5.75 Å². The first-order chi connectivity index (χ1) is 10.5. The maximum atomic E-state index is 12.4. The molecule has 0 bridgehead atoms. The number of nitrogens with one attached hydrogen (secondary N) is 1. The van der Waals surface area contributed by atoms with Gasteiger partial charge in [-0.1, -0.05) is 6.07 Å². The number of piperidine rings is 1. The minimum atomic E-state index is -0.197. The number of carbonyl (C=O) groups is 2. The molecule has 1 aromatic carbocycles. The van der Waals surface area contributed by atoms with E-state index in [9.17, 15) is 14.7 Å². The number of aromatic hydroxyl groups is 1. The summed E-state index contributed by atoms with van der Waals surface area (Å²) < 4.78 is 0. The zero-order chi connectivity index (χ0) is 15.7. The van der Waals surface area contributed by atoms with Gasteiger partial charge in [-0.25, -0.2) is 0 Å². The number of aryl methyl sites for hydroxylation is 1. The van der Waals surface area contributed by atoms with Gasteiger partial charge in [0.05, 0.1) is 11.6 Å². The zero-order valence-corrected chi connectivity index (χ0v) is 12.8. The molecule has 0 aromatic heterocycles. The monoisotopic (exact) mass is 302 g/mol. The van der Waals surface area contributed by atoms with Crippen LogP contribution >= 0.6 is 0 Å². The molecule has 0 spiro atoms. The summed E-state index contributed by atoms with van der Waals surface area (Å²) in [6.45, 7) is 3.14. The molecule has 2 N–H and O–H groups in total. The van der Waals surface area contributed by atoms with Gasteiger partial charge in [0, 0.05) is 19.0 Å². The van der Waals surface area contributed by atoms with Crippen LogP contribution in [0.3, 0.4) is 0 Å². The summed E-state index contributed by atoms with van der Waals surface area (Å²) in [6, 6.07) is 5.18. The summed E-state index contributed by atoms with van der Waals surface area (Å²) in [7, 11) is 0. The lowest BCUT2D eigenvalue weighted by Gasteiger charge is -2.32. The van der Waals surface area contributed by atoms with Gasteiger partial charge in [0.1, 0.15) is 5.75 Å². The maximum absolute atomic E-state index is 12.4. The summed E-state index contributed by atoms with van der Waals surface area (Å²) in [6.07, 6.45) is 3.62. The molecule has 2 amide bonds. The van der Waals surface area contributed by atoms with Crippen LogP contribution in [-0.2, 0) is 9.59 Å². The first-order valence-electron chi connectivity index (χ1n) is 7.94. The van der Waals surface area contributed by atoms with E-state index in [1.807, 2.05) is 17.9 Å². The Balaban J connectivity index is 1.62. The van der Waals surface area contributed by atoms with Gasteiger partial charge in [0.2, 0.25) is 11.8 Å². The van der Waals surface area contributed by atoms with Gasteiger partial charge in [0.15, 0.2) is 0 Å². The van der Waals surface area contributed by atoms with Crippen LogP contribution < -0.4 is 5.32 Å². The van der Waals surface area contributed by atoms with E-state index in [1.54, 1.807) is 12.1 Å². The lowest BCUT2D eigenvalue weighted by molar-refractivity contribution is -0.135. The van der Waals surface area contributed by atoms with Crippen LogP contribution in [0.5, 0.6) is 5.75 Å². The maximum Gasteiger partial charge on any atom is 0.229 e. The van der Waals surface area contributed by atoms with E-state index in [0.717, 1.165) is 37.8 Å². The molecule has 22 heavy (non-hydrogen) atoms. The van der Waals surface area contributed by atoms with Crippen LogP contribution in [0.1, 0.15) is 31.2 Å². The molecule has 1 aromatic rings. The highest BCUT2D eigenvalue weighted by Gasteiger charge is 2.36. The Morgan fingerprint density at radius 1 is 1.23 bits per heavy atom. The first kappa shape index (κ1) is 14.9. The highest BCUT2D eigenvalue weighted by Crippen LogP contribution is 2.33. The minimum Gasteiger partial charge on any atom is -0.506 e. The van der Waals surface area contributed by atoms with Gasteiger partial charge >= 0.3 is 0 Å². The molecule has 1 heterocycles. The van der Waals surface area contributed by atoms with E-state index in [-0.39, 0.29) is 29.4 Å². The van der Waals surface area contributed by atoms with Crippen molar-refractivity contribution in [2.45, 2.75) is 32.6 Å². The van der Waals surface area contributed by atoms with Crippen LogP contribution in [0, 0.1) is 18.8 Å². The van der Waals surface area contributed by atoms with Gasteiger partial charge in [-0.2, -0.15) is 0 Å². The van der Waals surface area contributed by atoms with E-state index in [1.165, 1.54) is 0 Å². The summed E-state index contributed by atoms with van der Waals surface area (Å²) in [4.78, 5) is 26.4. The number of phenolic OH excluding ortho intramolecular Hbond substituents is 1. The molecule has 1 aliphatic carbocycles. The number of carbonyl (C=O) groups excluding carboxylic acids is 2. The lowest BCUT2D eigenvalue weighted by Crippen LogP contribution is -2.44. The lowest BCUT2D eigenvalue weighted by atomic mass is 9.96. The normalized spacial score (nSPS) is 21.5. The highest BCUT2D eigenvalue weighted by molar-refractivity contribution is 5.94. The molecule has 0 unspecified atom stereocenters. The Morgan fingerprint density at radius 2 is 2.00 bits per heavy atom. The second-order valence-corrected chi connectivity index (χ2v) is 6.41. The number of likely N-dealkylation sites (tertiary alicyclic amines) is 1. The molecule has 3 rings (SSSR count). The number of amides is 2. The van der Waals surface area contributed by atoms with Crippen molar-refractivity contribution in [2.75, 3.05) is 18.4 Å². The van der Waals surface area contributed by atoms with Crippen LogP contribution in [-0.4, -0.2) is 34.9 Å². The smallest absolute Gasteiger partial charge is 0.229 e. The molecule has 1 saturated heterocycles. The van der Waals surface area contributed by atoms with Crippen LogP contribution in [0.15, 0.2) is 18.2 Å². The molecule has 5 nitrogen and oxygen atoms in total. The van der Waals surface area contributed by atoms with Gasteiger partial charge < -0.3 is 15.3 Å². The van der Waals surface area contributed by atoms with E-state index < -0.39 is 0 Å². The van der Waals surface area contributed by atoms with Gasteiger partial charge in [0.25, 0.3) is 0 Å². The predicted molar refractivity (Wildman–Crippen MR) is 83.5 cm³/mol. The van der Waals surface area contributed by atoms with Crippen molar-refractivity contribution in [1.29, 1.82) is 0 Å². The number of hydrogen-bond donors (Lipinski definition) is 2. The molecular weight excluding hydrogens is 280 g/mol. The molecule has 2 fully saturated rings. The Morgan fingerprint density at radius 3 is 2.68 bits per heavy atom. The number of phenols is 1. The number of benzene rings is 1. The molecule has 2 aliphatic rings. The molecule has 5 heteroatoms. The summed E-state index contributed by atoms with van der Waals surface area (Å²) in [5.74, 6) is 0.165. The van der Waals surface area contributed by atoms with Crippen molar-refractivity contribution in [1.82, 2.24) is 4.90 Å². The van der Waals surface area contributed by atoms with Crippen molar-refractivity contribution >= 4 is 17.5 Å². The fourth-order valence-electron chi connectivity index (χ4n) is 2.96. The molecule has 118 valence electrons. The van der Waals surface area contributed by atoms with Gasteiger partial charge in [-0.15, -0.1) is 0 Å². The van der Waals surface area contributed by atoms with E-state index in [0.29, 0.717) is 12.2 Å². The fraction of sp³-hybridized carbons (Fsp3) is 0.529. The third kappa shape index (κ3) is 3.24. The predicted octanol–water partition coefficient (Wildman–Crippen LogP) is 2.29. The summed E-state index contributed by atoms with van der Waals surface area (Å²) in [5, 5.41) is 12.7.